The Kier molecular flexibility index (Phi) is 5.43. The average molecular weight is 608 g/mol. The molecule has 1 aliphatic rings. The van der Waals surface area contributed by atoms with Crippen molar-refractivity contribution in [3.05, 3.63) is 145 Å². The lowest BCUT2D eigenvalue weighted by Crippen LogP contribution is -2.05. The number of hydrogen-bond acceptors (Lipinski definition) is 2. The Hall–Kier alpha value is -5.58. The Bertz CT molecular complexity index is 2700. The molecule has 0 saturated heterocycles. The van der Waals surface area contributed by atoms with Gasteiger partial charge in [0.15, 0.2) is 0 Å². The minimum Gasteiger partial charge on any atom is -0.397 e. The van der Waals surface area contributed by atoms with E-state index >= 15 is 0 Å². The SMILES string of the molecule is Nc1cccc(-c2cccc3c2sc2c3ccc3c2c2ccccc2n3-c2ccccc2)c1-n1c2c(c3ccccc31)CCC=C2. The van der Waals surface area contributed by atoms with Crippen LogP contribution in [0, 0.1) is 0 Å². The molecule has 0 amide bonds. The summed E-state index contributed by atoms with van der Waals surface area (Å²) >= 11 is 1.90. The molecule has 0 radical (unpaired) electrons. The number of thiophene rings is 1. The Labute approximate surface area is 270 Å². The number of nitrogens with two attached hydrogens (primary N) is 1. The zero-order chi connectivity index (χ0) is 30.4. The maximum atomic E-state index is 6.94. The first-order valence-electron chi connectivity index (χ1n) is 15.9. The zero-order valence-electron chi connectivity index (χ0n) is 25.1. The topological polar surface area (TPSA) is 35.9 Å². The molecular formula is C42H29N3S. The van der Waals surface area contributed by atoms with Gasteiger partial charge in [0.25, 0.3) is 0 Å². The highest BCUT2D eigenvalue weighted by Gasteiger charge is 2.24. The fourth-order valence-corrected chi connectivity index (χ4v) is 9.22. The number of hydrogen-bond donors (Lipinski definition) is 1. The summed E-state index contributed by atoms with van der Waals surface area (Å²) in [7, 11) is 0. The lowest BCUT2D eigenvalue weighted by molar-refractivity contribution is 0.969. The van der Waals surface area contributed by atoms with Gasteiger partial charge in [-0.25, -0.2) is 0 Å². The zero-order valence-corrected chi connectivity index (χ0v) is 25.9. The molecule has 46 heavy (non-hydrogen) atoms. The van der Waals surface area contributed by atoms with Crippen LogP contribution in [0.4, 0.5) is 5.69 Å². The van der Waals surface area contributed by atoms with Gasteiger partial charge in [0, 0.05) is 58.8 Å². The fourth-order valence-electron chi connectivity index (χ4n) is 7.83. The van der Waals surface area contributed by atoms with Gasteiger partial charge in [-0.1, -0.05) is 97.1 Å². The van der Waals surface area contributed by atoms with Crippen LogP contribution in [0.15, 0.2) is 133 Å². The fraction of sp³-hybridized carbons (Fsp3) is 0.0476. The molecule has 3 nitrogen and oxygen atoms in total. The van der Waals surface area contributed by atoms with Crippen LogP contribution in [0.1, 0.15) is 17.7 Å². The number of nitrogen functional groups attached to an aromatic ring is 1. The number of benzene rings is 6. The first-order chi connectivity index (χ1) is 22.8. The molecule has 6 aromatic carbocycles. The molecule has 10 rings (SSSR count). The molecule has 0 spiro atoms. The van der Waals surface area contributed by atoms with Crippen LogP contribution in [0.25, 0.3) is 81.5 Å². The standard InChI is InChI=1S/C42H29N3S/c43-34-20-11-17-29(40(34)45-35-21-7-4-14-27(35)28-15-5-8-22-36(28)45)30-18-10-19-31-32-24-25-38-39(42(32)46-41(30)31)33-16-6-9-23-37(33)44(38)26-12-2-1-3-13-26/h1-4,6-14,16-25H,5,15,43H2. The van der Waals surface area contributed by atoms with Crippen molar-refractivity contribution in [2.24, 2.45) is 0 Å². The highest BCUT2D eigenvalue weighted by molar-refractivity contribution is 7.27. The van der Waals surface area contributed by atoms with Crippen molar-refractivity contribution in [1.82, 2.24) is 9.13 Å². The van der Waals surface area contributed by atoms with E-state index < -0.39 is 0 Å². The second kappa shape index (κ2) is 9.71. The smallest absolute Gasteiger partial charge is 0.0770 e. The highest BCUT2D eigenvalue weighted by atomic mass is 32.1. The Balaban J connectivity index is 1.29. The van der Waals surface area contributed by atoms with E-state index in [4.69, 9.17) is 5.73 Å². The summed E-state index contributed by atoms with van der Waals surface area (Å²) in [5.41, 5.74) is 18.6. The largest absolute Gasteiger partial charge is 0.397 e. The van der Waals surface area contributed by atoms with Gasteiger partial charge in [-0.05, 0) is 60.9 Å². The molecule has 0 unspecified atom stereocenters. The van der Waals surface area contributed by atoms with Crippen molar-refractivity contribution in [2.75, 3.05) is 5.73 Å². The van der Waals surface area contributed by atoms with Crippen molar-refractivity contribution in [3.63, 3.8) is 0 Å². The number of aryl methyl sites for hydroxylation is 1. The van der Waals surface area contributed by atoms with E-state index in [0.29, 0.717) is 0 Å². The third-order valence-corrected chi connectivity index (χ3v) is 11.0. The van der Waals surface area contributed by atoms with Gasteiger partial charge < -0.3 is 14.9 Å². The molecule has 0 aliphatic heterocycles. The first-order valence-corrected chi connectivity index (χ1v) is 16.7. The van der Waals surface area contributed by atoms with E-state index in [9.17, 15) is 0 Å². The van der Waals surface area contributed by atoms with Gasteiger partial charge in [0.05, 0.1) is 27.9 Å². The summed E-state index contributed by atoms with van der Waals surface area (Å²) in [4.78, 5) is 0. The number of para-hydroxylation sites is 4. The second-order valence-corrected chi connectivity index (χ2v) is 13.2. The van der Waals surface area contributed by atoms with Crippen LogP contribution in [0.2, 0.25) is 0 Å². The van der Waals surface area contributed by atoms with Crippen LogP contribution in [0.5, 0.6) is 0 Å². The third-order valence-electron chi connectivity index (χ3n) is 9.75. The second-order valence-electron chi connectivity index (χ2n) is 12.2. The minimum absolute atomic E-state index is 0.784. The summed E-state index contributed by atoms with van der Waals surface area (Å²) in [6, 6.07) is 46.0. The number of allylic oxidation sites excluding steroid dienone is 1. The minimum atomic E-state index is 0.784. The highest BCUT2D eigenvalue weighted by Crippen LogP contribution is 2.48. The maximum absolute atomic E-state index is 6.94. The normalized spacial score (nSPS) is 13.0. The predicted molar refractivity (Wildman–Crippen MR) is 198 cm³/mol. The monoisotopic (exact) mass is 607 g/mol. The molecule has 3 aromatic heterocycles. The summed E-state index contributed by atoms with van der Waals surface area (Å²) in [6.45, 7) is 0. The van der Waals surface area contributed by atoms with Crippen LogP contribution in [0.3, 0.4) is 0 Å². The molecule has 2 N–H and O–H groups in total. The van der Waals surface area contributed by atoms with Gasteiger partial charge in [-0.2, -0.15) is 0 Å². The van der Waals surface area contributed by atoms with Crippen LogP contribution >= 0.6 is 11.3 Å². The predicted octanol–water partition coefficient (Wildman–Crippen LogP) is 11.3. The van der Waals surface area contributed by atoms with Crippen molar-refractivity contribution in [2.45, 2.75) is 12.8 Å². The number of anilines is 1. The van der Waals surface area contributed by atoms with E-state index in [1.165, 1.54) is 75.4 Å². The summed E-state index contributed by atoms with van der Waals surface area (Å²) in [6.07, 6.45) is 6.68. The molecule has 1 aliphatic carbocycles. The van der Waals surface area contributed by atoms with Crippen LogP contribution < -0.4 is 5.73 Å². The molecule has 3 heterocycles. The van der Waals surface area contributed by atoms with E-state index in [1.54, 1.807) is 0 Å². The maximum Gasteiger partial charge on any atom is 0.0770 e. The van der Waals surface area contributed by atoms with Crippen LogP contribution in [-0.4, -0.2) is 9.13 Å². The van der Waals surface area contributed by atoms with Crippen LogP contribution in [-0.2, 0) is 6.42 Å². The molecule has 4 heteroatoms. The van der Waals surface area contributed by atoms with Gasteiger partial charge in [-0.15, -0.1) is 11.3 Å². The summed E-state index contributed by atoms with van der Waals surface area (Å²) < 4.78 is 7.42. The number of fused-ring (bicyclic) bond motifs is 10. The average Bonchev–Trinajstić information content (AvgIpc) is 3.76. The lowest BCUT2D eigenvalue weighted by atomic mass is 9.99. The van der Waals surface area contributed by atoms with Crippen molar-refractivity contribution < 1.29 is 0 Å². The Morgan fingerprint density at radius 3 is 2.11 bits per heavy atom. The van der Waals surface area contributed by atoms with E-state index in [0.717, 1.165) is 29.8 Å². The lowest BCUT2D eigenvalue weighted by Gasteiger charge is -2.18. The Morgan fingerprint density at radius 2 is 1.24 bits per heavy atom. The number of aromatic nitrogens is 2. The number of rotatable bonds is 3. The molecule has 9 aromatic rings. The molecule has 0 atom stereocenters. The van der Waals surface area contributed by atoms with Crippen molar-refractivity contribution in [1.29, 1.82) is 0 Å². The summed E-state index contributed by atoms with van der Waals surface area (Å²) in [5.74, 6) is 0. The molecular weight excluding hydrogens is 579 g/mol. The molecule has 218 valence electrons. The first kappa shape index (κ1) is 25.7. The van der Waals surface area contributed by atoms with Gasteiger partial charge >= 0.3 is 0 Å². The summed E-state index contributed by atoms with van der Waals surface area (Å²) in [5, 5.41) is 6.48. The van der Waals surface area contributed by atoms with E-state index in [-0.39, 0.29) is 0 Å². The van der Waals surface area contributed by atoms with E-state index in [2.05, 4.69) is 143 Å². The third kappa shape index (κ3) is 3.48. The van der Waals surface area contributed by atoms with Gasteiger partial charge in [0.2, 0.25) is 0 Å². The number of nitrogens with zero attached hydrogens (tertiary/aromatic N) is 2. The molecule has 0 fully saturated rings. The Morgan fingerprint density at radius 1 is 0.543 bits per heavy atom. The van der Waals surface area contributed by atoms with Crippen molar-refractivity contribution in [3.8, 4) is 22.5 Å². The van der Waals surface area contributed by atoms with Gasteiger partial charge in [0.1, 0.15) is 0 Å². The molecule has 0 saturated carbocycles. The van der Waals surface area contributed by atoms with Crippen molar-refractivity contribution >= 4 is 76.0 Å². The molecule has 0 bridgehead atoms. The van der Waals surface area contributed by atoms with E-state index in [1.807, 2.05) is 17.4 Å². The van der Waals surface area contributed by atoms with Gasteiger partial charge in [-0.3, -0.25) is 0 Å². The quantitative estimate of drug-likeness (QED) is 0.199.